The molecule has 0 saturated carbocycles. The normalized spacial score (nSPS) is 15.9. The number of carboxylic acids is 1. The summed E-state index contributed by atoms with van der Waals surface area (Å²) in [5.74, 6) is -0.608. The summed E-state index contributed by atoms with van der Waals surface area (Å²) in [5.41, 5.74) is -1.21. The molecule has 3 N–H and O–H groups in total. The fourth-order valence-electron chi connectivity index (χ4n) is 1.90. The van der Waals surface area contributed by atoms with E-state index < -0.39 is 17.5 Å². The van der Waals surface area contributed by atoms with Crippen LogP contribution in [0.5, 0.6) is 0 Å². The molecule has 0 aliphatic rings. The lowest BCUT2D eigenvalue weighted by molar-refractivity contribution is -0.143. The topological polar surface area (TPSA) is 78.4 Å². The van der Waals surface area contributed by atoms with Gasteiger partial charge in [-0.15, -0.1) is 0 Å². The summed E-state index contributed by atoms with van der Waals surface area (Å²) in [4.78, 5) is 22.9. The van der Waals surface area contributed by atoms with Crippen LogP contribution in [0.2, 0.25) is 0 Å². The standard InChI is InChI=1S/C13H26N2O3/c1-6-10(7-2)9(4)14-12(18)15-13(5,8-3)11(16)17/h9-10H,6-8H2,1-5H3,(H,16,17)(H2,14,15,18). The van der Waals surface area contributed by atoms with Gasteiger partial charge in [0.25, 0.3) is 0 Å². The maximum atomic E-state index is 11.8. The van der Waals surface area contributed by atoms with Crippen molar-refractivity contribution in [3.8, 4) is 0 Å². The quantitative estimate of drug-likeness (QED) is 0.656. The summed E-state index contributed by atoms with van der Waals surface area (Å²) in [6, 6.07) is -0.379. The van der Waals surface area contributed by atoms with Gasteiger partial charge in [0.1, 0.15) is 5.54 Å². The number of hydrogen-bond donors (Lipinski definition) is 3. The van der Waals surface area contributed by atoms with E-state index in [2.05, 4.69) is 24.5 Å². The van der Waals surface area contributed by atoms with Crippen molar-refractivity contribution in [1.82, 2.24) is 10.6 Å². The minimum absolute atomic E-state index is 0.0369. The number of urea groups is 1. The molecule has 18 heavy (non-hydrogen) atoms. The first kappa shape index (κ1) is 16.7. The van der Waals surface area contributed by atoms with Crippen molar-refractivity contribution in [3.05, 3.63) is 0 Å². The van der Waals surface area contributed by atoms with E-state index in [-0.39, 0.29) is 6.04 Å². The maximum absolute atomic E-state index is 11.8. The largest absolute Gasteiger partial charge is 0.480 e. The average Bonchev–Trinajstić information content (AvgIpc) is 2.29. The summed E-state index contributed by atoms with van der Waals surface area (Å²) < 4.78 is 0. The summed E-state index contributed by atoms with van der Waals surface area (Å²) in [6.45, 7) is 9.35. The Morgan fingerprint density at radius 3 is 2.06 bits per heavy atom. The minimum atomic E-state index is -1.21. The Bertz CT molecular complexity index is 290. The molecule has 0 aliphatic heterocycles. The number of hydrogen-bond acceptors (Lipinski definition) is 2. The molecule has 0 fully saturated rings. The molecule has 0 saturated heterocycles. The molecule has 2 atom stereocenters. The highest BCUT2D eigenvalue weighted by molar-refractivity contribution is 5.85. The second kappa shape index (κ2) is 7.24. The van der Waals surface area contributed by atoms with E-state index >= 15 is 0 Å². The van der Waals surface area contributed by atoms with E-state index in [1.807, 2.05) is 6.92 Å². The van der Waals surface area contributed by atoms with E-state index in [1.54, 1.807) is 6.92 Å². The van der Waals surface area contributed by atoms with Gasteiger partial charge < -0.3 is 15.7 Å². The molecule has 5 heteroatoms. The van der Waals surface area contributed by atoms with E-state index in [0.29, 0.717) is 12.3 Å². The Balaban J connectivity index is 4.47. The third kappa shape index (κ3) is 4.55. The molecule has 0 heterocycles. The van der Waals surface area contributed by atoms with Crippen molar-refractivity contribution in [2.75, 3.05) is 0 Å². The van der Waals surface area contributed by atoms with Gasteiger partial charge in [-0.2, -0.15) is 0 Å². The summed E-state index contributed by atoms with van der Waals surface area (Å²) in [5, 5.41) is 14.4. The Kier molecular flexibility index (Phi) is 6.73. The van der Waals surface area contributed by atoms with Crippen LogP contribution in [0.15, 0.2) is 0 Å². The van der Waals surface area contributed by atoms with Crippen LogP contribution in [-0.4, -0.2) is 28.7 Å². The number of nitrogens with one attached hydrogen (secondary N) is 2. The smallest absolute Gasteiger partial charge is 0.329 e. The zero-order chi connectivity index (χ0) is 14.3. The van der Waals surface area contributed by atoms with E-state index in [0.717, 1.165) is 12.8 Å². The molecule has 0 radical (unpaired) electrons. The van der Waals surface area contributed by atoms with Crippen molar-refractivity contribution in [2.45, 2.75) is 65.5 Å². The van der Waals surface area contributed by atoms with Gasteiger partial charge in [0.2, 0.25) is 0 Å². The monoisotopic (exact) mass is 258 g/mol. The van der Waals surface area contributed by atoms with Crippen molar-refractivity contribution in [1.29, 1.82) is 0 Å². The highest BCUT2D eigenvalue weighted by Crippen LogP contribution is 2.13. The van der Waals surface area contributed by atoms with Crippen LogP contribution < -0.4 is 10.6 Å². The predicted molar refractivity (Wildman–Crippen MR) is 71.5 cm³/mol. The van der Waals surface area contributed by atoms with Gasteiger partial charge in [0, 0.05) is 6.04 Å². The highest BCUT2D eigenvalue weighted by atomic mass is 16.4. The molecule has 0 rings (SSSR count). The average molecular weight is 258 g/mol. The maximum Gasteiger partial charge on any atom is 0.329 e. The third-order valence-corrected chi connectivity index (χ3v) is 3.68. The molecule has 0 aromatic carbocycles. The van der Waals surface area contributed by atoms with Crippen LogP contribution >= 0.6 is 0 Å². The molecular weight excluding hydrogens is 232 g/mol. The van der Waals surface area contributed by atoms with E-state index in [4.69, 9.17) is 5.11 Å². The Morgan fingerprint density at radius 1 is 1.22 bits per heavy atom. The molecule has 5 nitrogen and oxygen atoms in total. The molecule has 0 aromatic rings. The fraction of sp³-hybridized carbons (Fsp3) is 0.846. The van der Waals surface area contributed by atoms with Gasteiger partial charge in [-0.25, -0.2) is 9.59 Å². The van der Waals surface area contributed by atoms with Crippen molar-refractivity contribution >= 4 is 12.0 Å². The van der Waals surface area contributed by atoms with Crippen molar-refractivity contribution in [3.63, 3.8) is 0 Å². The lowest BCUT2D eigenvalue weighted by Gasteiger charge is -2.28. The summed E-state index contributed by atoms with van der Waals surface area (Å²) >= 11 is 0. The molecule has 2 unspecified atom stereocenters. The lowest BCUT2D eigenvalue weighted by atomic mass is 9.95. The summed E-state index contributed by atoms with van der Waals surface area (Å²) in [7, 11) is 0. The van der Waals surface area contributed by atoms with Crippen molar-refractivity contribution in [2.24, 2.45) is 5.92 Å². The van der Waals surface area contributed by atoms with Crippen LogP contribution in [0.1, 0.15) is 53.9 Å². The van der Waals surface area contributed by atoms with Gasteiger partial charge in [-0.05, 0) is 26.2 Å². The molecule has 2 amide bonds. The second-order valence-electron chi connectivity index (χ2n) is 4.95. The number of aliphatic carboxylic acids is 1. The Labute approximate surface area is 109 Å². The number of carbonyl (C=O) groups excluding carboxylic acids is 1. The Morgan fingerprint density at radius 2 is 1.72 bits per heavy atom. The number of carboxylic acid groups (broad SMARTS) is 1. The van der Waals surface area contributed by atoms with Gasteiger partial charge in [-0.1, -0.05) is 33.6 Å². The fourth-order valence-corrected chi connectivity index (χ4v) is 1.90. The molecule has 106 valence electrons. The zero-order valence-corrected chi connectivity index (χ0v) is 12.0. The van der Waals surface area contributed by atoms with Gasteiger partial charge >= 0.3 is 12.0 Å². The van der Waals surface area contributed by atoms with Gasteiger partial charge in [0.15, 0.2) is 0 Å². The molecular formula is C13H26N2O3. The third-order valence-electron chi connectivity index (χ3n) is 3.68. The van der Waals surface area contributed by atoms with E-state index in [9.17, 15) is 9.59 Å². The molecule has 0 aliphatic carbocycles. The molecule has 0 bridgehead atoms. The van der Waals surface area contributed by atoms with Gasteiger partial charge in [0.05, 0.1) is 0 Å². The van der Waals surface area contributed by atoms with Crippen LogP contribution in [-0.2, 0) is 4.79 Å². The lowest BCUT2D eigenvalue weighted by Crippen LogP contribution is -2.56. The van der Waals surface area contributed by atoms with Crippen LogP contribution in [0, 0.1) is 5.92 Å². The van der Waals surface area contributed by atoms with Gasteiger partial charge in [-0.3, -0.25) is 0 Å². The van der Waals surface area contributed by atoms with Crippen molar-refractivity contribution < 1.29 is 14.7 Å². The molecule has 0 spiro atoms. The SMILES string of the molecule is CCC(CC)C(C)NC(=O)NC(C)(CC)C(=O)O. The first-order chi connectivity index (χ1) is 8.30. The van der Waals surface area contributed by atoms with Crippen LogP contribution in [0.4, 0.5) is 4.79 Å². The first-order valence-electron chi connectivity index (χ1n) is 6.62. The molecule has 0 aromatic heterocycles. The first-order valence-corrected chi connectivity index (χ1v) is 6.62. The number of rotatable bonds is 7. The Hall–Kier alpha value is -1.26. The second-order valence-corrected chi connectivity index (χ2v) is 4.95. The summed E-state index contributed by atoms with van der Waals surface area (Å²) in [6.07, 6.45) is 2.32. The van der Waals surface area contributed by atoms with Crippen LogP contribution in [0.3, 0.4) is 0 Å². The van der Waals surface area contributed by atoms with E-state index in [1.165, 1.54) is 6.92 Å². The predicted octanol–water partition coefficient (Wildman–Crippen LogP) is 2.36. The number of carbonyl (C=O) groups is 2. The highest BCUT2D eigenvalue weighted by Gasteiger charge is 2.33. The van der Waals surface area contributed by atoms with Crippen LogP contribution in [0.25, 0.3) is 0 Å². The minimum Gasteiger partial charge on any atom is -0.480 e. The number of amides is 2. The zero-order valence-electron chi connectivity index (χ0n) is 12.0.